The Labute approximate surface area is 164 Å². The monoisotopic (exact) mass is 400 g/mol. The maximum atomic E-state index is 12.2. The van der Waals surface area contributed by atoms with Crippen molar-refractivity contribution in [2.45, 2.75) is 102 Å². The normalized spacial score (nSPS) is 13.0. The molecule has 0 radical (unpaired) electrons. The molecule has 0 fully saturated rings. The Balaban J connectivity index is 2.17. The van der Waals surface area contributed by atoms with Crippen LogP contribution in [0, 0.1) is 0 Å². The van der Waals surface area contributed by atoms with Crippen LogP contribution < -0.4 is 0 Å². The number of hydrogen-bond donors (Lipinski definition) is 2. The topological polar surface area (TPSA) is 83.8 Å². The minimum absolute atomic E-state index is 0.229. The van der Waals surface area contributed by atoms with Crippen LogP contribution in [-0.4, -0.2) is 24.7 Å². The molecule has 2 N–H and O–H groups in total. The molecule has 0 saturated carbocycles. The zero-order valence-electron chi connectivity index (χ0n) is 16.8. The molecule has 0 aromatic heterocycles. The van der Waals surface area contributed by atoms with Crippen LogP contribution in [0.15, 0.2) is 23.1 Å². The standard InChI is InChI=1S/C21H36O5S/c1-3-4-5-6-7-8-9-10-11-12-13-14-18(2)26-27(24,25)21-17-19(22)15-16-20(21)23/h15-18,22-23H,3-14H2,1-2H3. The molecule has 0 aliphatic heterocycles. The highest BCUT2D eigenvalue weighted by molar-refractivity contribution is 7.86. The first-order chi connectivity index (χ1) is 12.9. The Hall–Kier alpha value is -1.27. The molecule has 156 valence electrons. The van der Waals surface area contributed by atoms with E-state index in [-0.39, 0.29) is 5.75 Å². The van der Waals surface area contributed by atoms with E-state index in [1.54, 1.807) is 6.92 Å². The third-order valence-electron chi connectivity index (χ3n) is 4.72. The van der Waals surface area contributed by atoms with E-state index >= 15 is 0 Å². The molecule has 0 bridgehead atoms. The fraction of sp³-hybridized carbons (Fsp3) is 0.714. The van der Waals surface area contributed by atoms with Gasteiger partial charge in [-0.05, 0) is 25.5 Å². The van der Waals surface area contributed by atoms with E-state index in [4.69, 9.17) is 4.18 Å². The molecular weight excluding hydrogens is 364 g/mol. The highest BCUT2D eigenvalue weighted by atomic mass is 32.2. The van der Waals surface area contributed by atoms with Crippen molar-refractivity contribution < 1.29 is 22.8 Å². The van der Waals surface area contributed by atoms with Gasteiger partial charge in [-0.1, -0.05) is 77.6 Å². The smallest absolute Gasteiger partial charge is 0.301 e. The van der Waals surface area contributed by atoms with Crippen LogP contribution in [-0.2, 0) is 14.3 Å². The molecule has 27 heavy (non-hydrogen) atoms. The van der Waals surface area contributed by atoms with Crippen LogP contribution in [0.4, 0.5) is 0 Å². The molecule has 5 nitrogen and oxygen atoms in total. The number of phenols is 2. The summed E-state index contributed by atoms with van der Waals surface area (Å²) in [5.41, 5.74) is 0. The molecule has 1 aromatic rings. The first-order valence-electron chi connectivity index (χ1n) is 10.3. The van der Waals surface area contributed by atoms with Gasteiger partial charge in [0.1, 0.15) is 16.4 Å². The van der Waals surface area contributed by atoms with Gasteiger partial charge in [0.25, 0.3) is 0 Å². The Morgan fingerprint density at radius 1 is 0.889 bits per heavy atom. The van der Waals surface area contributed by atoms with E-state index in [1.165, 1.54) is 63.9 Å². The minimum Gasteiger partial charge on any atom is -0.508 e. The van der Waals surface area contributed by atoms with Crippen molar-refractivity contribution in [3.63, 3.8) is 0 Å². The minimum atomic E-state index is -4.09. The number of phenolic OH excluding ortho intramolecular Hbond substituents is 2. The quantitative estimate of drug-likeness (QED) is 0.218. The molecule has 1 aromatic carbocycles. The molecule has 0 saturated heterocycles. The number of rotatable bonds is 15. The van der Waals surface area contributed by atoms with Crippen LogP contribution in [0.1, 0.15) is 90.9 Å². The summed E-state index contributed by atoms with van der Waals surface area (Å²) in [7, 11) is -4.09. The van der Waals surface area contributed by atoms with Gasteiger partial charge >= 0.3 is 10.1 Å². The highest BCUT2D eigenvalue weighted by Gasteiger charge is 2.23. The van der Waals surface area contributed by atoms with Crippen molar-refractivity contribution in [2.24, 2.45) is 0 Å². The number of unbranched alkanes of at least 4 members (excludes halogenated alkanes) is 10. The summed E-state index contributed by atoms with van der Waals surface area (Å²) < 4.78 is 29.6. The molecule has 1 rings (SSSR count). The van der Waals surface area contributed by atoms with E-state index in [1.807, 2.05) is 0 Å². The predicted octanol–water partition coefficient (Wildman–Crippen LogP) is 5.89. The molecule has 6 heteroatoms. The predicted molar refractivity (Wildman–Crippen MR) is 109 cm³/mol. The van der Waals surface area contributed by atoms with E-state index in [0.717, 1.165) is 25.0 Å². The van der Waals surface area contributed by atoms with Crippen LogP contribution in [0.25, 0.3) is 0 Å². The maximum Gasteiger partial charge on any atom is 0.301 e. The average Bonchev–Trinajstić information content (AvgIpc) is 2.61. The Bertz CT molecular complexity index is 627. The first-order valence-corrected chi connectivity index (χ1v) is 11.7. The highest BCUT2D eigenvalue weighted by Crippen LogP contribution is 2.29. The number of hydrogen-bond acceptors (Lipinski definition) is 5. The Morgan fingerprint density at radius 3 is 1.96 bits per heavy atom. The van der Waals surface area contributed by atoms with Crippen LogP contribution >= 0.6 is 0 Å². The summed E-state index contributed by atoms with van der Waals surface area (Å²) in [6, 6.07) is 3.36. The third-order valence-corrected chi connectivity index (χ3v) is 6.17. The van der Waals surface area contributed by atoms with Crippen molar-refractivity contribution >= 4 is 10.1 Å². The molecule has 0 heterocycles. The number of benzene rings is 1. The average molecular weight is 401 g/mol. The summed E-state index contributed by atoms with van der Waals surface area (Å²) in [5.74, 6) is -0.650. The lowest BCUT2D eigenvalue weighted by atomic mass is 10.0. The number of aromatic hydroxyl groups is 2. The molecule has 0 aliphatic carbocycles. The first kappa shape index (κ1) is 23.8. The lowest BCUT2D eigenvalue weighted by Crippen LogP contribution is -2.15. The van der Waals surface area contributed by atoms with Gasteiger partial charge in [0.2, 0.25) is 0 Å². The molecule has 0 spiro atoms. The largest absolute Gasteiger partial charge is 0.508 e. The Kier molecular flexibility index (Phi) is 11.4. The molecule has 0 aliphatic rings. The summed E-state index contributed by atoms with van der Waals surface area (Å²) in [6.45, 7) is 3.95. The van der Waals surface area contributed by atoms with Crippen molar-refractivity contribution in [3.05, 3.63) is 18.2 Å². The fourth-order valence-corrected chi connectivity index (χ4v) is 4.34. The second-order valence-electron chi connectivity index (χ2n) is 7.34. The fourth-order valence-electron chi connectivity index (χ4n) is 3.12. The van der Waals surface area contributed by atoms with Gasteiger partial charge in [-0.2, -0.15) is 8.42 Å². The van der Waals surface area contributed by atoms with Crippen LogP contribution in [0.3, 0.4) is 0 Å². The van der Waals surface area contributed by atoms with Gasteiger partial charge < -0.3 is 10.2 Å². The lowest BCUT2D eigenvalue weighted by molar-refractivity contribution is 0.212. The van der Waals surface area contributed by atoms with E-state index in [9.17, 15) is 18.6 Å². The van der Waals surface area contributed by atoms with Crippen molar-refractivity contribution in [3.8, 4) is 11.5 Å². The zero-order chi connectivity index (χ0) is 20.1. The van der Waals surface area contributed by atoms with Gasteiger partial charge in [0.15, 0.2) is 0 Å². The maximum absolute atomic E-state index is 12.2. The van der Waals surface area contributed by atoms with E-state index < -0.39 is 26.9 Å². The summed E-state index contributed by atoms with van der Waals surface area (Å²) in [4.78, 5) is -0.395. The van der Waals surface area contributed by atoms with Crippen molar-refractivity contribution in [1.29, 1.82) is 0 Å². The van der Waals surface area contributed by atoms with Gasteiger partial charge in [0, 0.05) is 6.07 Å². The second kappa shape index (κ2) is 13.0. The summed E-state index contributed by atoms with van der Waals surface area (Å²) in [6.07, 6.45) is 13.9. The van der Waals surface area contributed by atoms with E-state index in [2.05, 4.69) is 6.92 Å². The third kappa shape index (κ3) is 10.0. The SMILES string of the molecule is CCCCCCCCCCCCCC(C)OS(=O)(=O)c1cc(O)ccc1O. The van der Waals surface area contributed by atoms with Gasteiger partial charge in [-0.25, -0.2) is 0 Å². The Morgan fingerprint density at radius 2 is 1.41 bits per heavy atom. The molecule has 1 unspecified atom stereocenters. The lowest BCUT2D eigenvalue weighted by Gasteiger charge is -2.14. The van der Waals surface area contributed by atoms with E-state index in [0.29, 0.717) is 6.42 Å². The zero-order valence-corrected chi connectivity index (χ0v) is 17.6. The molecule has 0 amide bonds. The molecule has 1 atom stereocenters. The van der Waals surface area contributed by atoms with Gasteiger partial charge in [-0.15, -0.1) is 0 Å². The van der Waals surface area contributed by atoms with Crippen molar-refractivity contribution in [1.82, 2.24) is 0 Å². The second-order valence-corrected chi connectivity index (χ2v) is 8.88. The van der Waals surface area contributed by atoms with Crippen LogP contribution in [0.5, 0.6) is 11.5 Å². The van der Waals surface area contributed by atoms with Gasteiger partial charge in [-0.3, -0.25) is 4.18 Å². The van der Waals surface area contributed by atoms with Crippen molar-refractivity contribution in [2.75, 3.05) is 0 Å². The summed E-state index contributed by atoms with van der Waals surface area (Å²) >= 11 is 0. The van der Waals surface area contributed by atoms with Gasteiger partial charge in [0.05, 0.1) is 6.10 Å². The molecular formula is C21H36O5S. The summed E-state index contributed by atoms with van der Waals surface area (Å²) in [5, 5.41) is 19.1. The van der Waals surface area contributed by atoms with Crippen LogP contribution in [0.2, 0.25) is 0 Å².